The zero-order chi connectivity index (χ0) is 19.2. The number of fused-ring (bicyclic) bond motifs is 2. The van der Waals surface area contributed by atoms with Crippen LogP contribution in [0.1, 0.15) is 24.5 Å². The SMILES string of the molecule is CCNC(=NCc1ccc2c(c1)OCO2)NCCCc1c[nH]c2ccccc12. The van der Waals surface area contributed by atoms with E-state index in [9.17, 15) is 0 Å². The van der Waals surface area contributed by atoms with E-state index >= 15 is 0 Å². The Labute approximate surface area is 165 Å². The predicted molar refractivity (Wildman–Crippen MR) is 112 cm³/mol. The summed E-state index contributed by atoms with van der Waals surface area (Å²) in [5, 5.41) is 8.04. The van der Waals surface area contributed by atoms with E-state index in [0.717, 1.165) is 49.0 Å². The van der Waals surface area contributed by atoms with E-state index in [4.69, 9.17) is 9.47 Å². The van der Waals surface area contributed by atoms with Crippen molar-refractivity contribution in [3.8, 4) is 11.5 Å². The standard InChI is InChI=1S/C22H26N4O2/c1-2-23-22(26-13-16-9-10-20-21(12-16)28-15-27-20)24-11-5-6-17-14-25-19-8-4-3-7-18(17)19/h3-4,7-10,12,14,25H,2,5-6,11,13,15H2,1H3,(H2,23,24,26). The minimum absolute atomic E-state index is 0.294. The van der Waals surface area contributed by atoms with Crippen LogP contribution in [0.15, 0.2) is 53.7 Å². The fourth-order valence-corrected chi connectivity index (χ4v) is 3.38. The maximum atomic E-state index is 5.43. The van der Waals surface area contributed by atoms with Gasteiger partial charge in [0.2, 0.25) is 6.79 Å². The van der Waals surface area contributed by atoms with Gasteiger partial charge in [-0.15, -0.1) is 0 Å². The van der Waals surface area contributed by atoms with Gasteiger partial charge in [0.1, 0.15) is 0 Å². The lowest BCUT2D eigenvalue weighted by Gasteiger charge is -2.11. The van der Waals surface area contributed by atoms with Crippen LogP contribution in [0.2, 0.25) is 0 Å². The number of nitrogens with one attached hydrogen (secondary N) is 3. The molecule has 146 valence electrons. The number of aryl methyl sites for hydroxylation is 1. The first-order valence-electron chi connectivity index (χ1n) is 9.79. The molecule has 0 radical (unpaired) electrons. The fourth-order valence-electron chi connectivity index (χ4n) is 3.38. The van der Waals surface area contributed by atoms with Crippen LogP contribution < -0.4 is 20.1 Å². The molecule has 6 nitrogen and oxygen atoms in total. The number of para-hydroxylation sites is 1. The molecule has 2 aromatic carbocycles. The number of aromatic nitrogens is 1. The van der Waals surface area contributed by atoms with E-state index in [0.29, 0.717) is 13.3 Å². The molecule has 0 unspecified atom stereocenters. The molecule has 1 aromatic heterocycles. The van der Waals surface area contributed by atoms with Crippen LogP contribution in [-0.2, 0) is 13.0 Å². The number of aliphatic imine (C=N–C) groups is 1. The van der Waals surface area contributed by atoms with Gasteiger partial charge in [0.05, 0.1) is 6.54 Å². The molecule has 4 rings (SSSR count). The van der Waals surface area contributed by atoms with Crippen LogP contribution >= 0.6 is 0 Å². The van der Waals surface area contributed by atoms with Gasteiger partial charge in [0.15, 0.2) is 17.5 Å². The molecule has 0 bridgehead atoms. The number of hydrogen-bond donors (Lipinski definition) is 3. The minimum atomic E-state index is 0.294. The van der Waals surface area contributed by atoms with Crippen molar-refractivity contribution in [3.05, 3.63) is 59.8 Å². The molecule has 0 atom stereocenters. The molecule has 6 heteroatoms. The number of benzene rings is 2. The number of guanidine groups is 1. The first-order chi connectivity index (χ1) is 13.8. The third-order valence-corrected chi connectivity index (χ3v) is 4.79. The lowest BCUT2D eigenvalue weighted by molar-refractivity contribution is 0.174. The molecule has 28 heavy (non-hydrogen) atoms. The van der Waals surface area contributed by atoms with E-state index in [1.807, 2.05) is 18.2 Å². The molecular formula is C22H26N4O2. The maximum Gasteiger partial charge on any atom is 0.231 e. The summed E-state index contributed by atoms with van der Waals surface area (Å²) in [6.07, 6.45) is 4.18. The van der Waals surface area contributed by atoms with Gasteiger partial charge in [-0.1, -0.05) is 24.3 Å². The topological polar surface area (TPSA) is 70.7 Å². The zero-order valence-corrected chi connectivity index (χ0v) is 16.1. The van der Waals surface area contributed by atoms with Gasteiger partial charge in [0.25, 0.3) is 0 Å². The van der Waals surface area contributed by atoms with E-state index in [2.05, 4.69) is 58.0 Å². The molecule has 0 aliphatic carbocycles. The Hall–Kier alpha value is -3.15. The van der Waals surface area contributed by atoms with Crippen molar-refractivity contribution in [2.45, 2.75) is 26.3 Å². The van der Waals surface area contributed by atoms with Gasteiger partial charge in [-0.25, -0.2) is 4.99 Å². The highest BCUT2D eigenvalue weighted by atomic mass is 16.7. The van der Waals surface area contributed by atoms with Crippen LogP contribution in [0.5, 0.6) is 11.5 Å². The molecule has 0 saturated heterocycles. The number of nitrogens with zero attached hydrogens (tertiary/aromatic N) is 1. The van der Waals surface area contributed by atoms with Crippen LogP contribution in [0.4, 0.5) is 0 Å². The Balaban J connectivity index is 1.30. The summed E-state index contributed by atoms with van der Waals surface area (Å²) in [5.41, 5.74) is 3.66. The van der Waals surface area contributed by atoms with Gasteiger partial charge in [0, 0.05) is 30.2 Å². The normalized spacial score (nSPS) is 13.1. The molecule has 3 N–H and O–H groups in total. The molecular weight excluding hydrogens is 352 g/mol. The first kappa shape index (κ1) is 18.2. The van der Waals surface area contributed by atoms with Crippen molar-refractivity contribution >= 4 is 16.9 Å². The summed E-state index contributed by atoms with van der Waals surface area (Å²) < 4.78 is 10.8. The van der Waals surface area contributed by atoms with Crippen LogP contribution in [0.25, 0.3) is 10.9 Å². The summed E-state index contributed by atoms with van der Waals surface area (Å²) in [7, 11) is 0. The van der Waals surface area contributed by atoms with Gasteiger partial charge in [-0.2, -0.15) is 0 Å². The first-order valence-corrected chi connectivity index (χ1v) is 9.79. The van der Waals surface area contributed by atoms with Gasteiger partial charge in [-0.3, -0.25) is 0 Å². The highest BCUT2D eigenvalue weighted by Gasteiger charge is 2.13. The molecule has 1 aliphatic heterocycles. The molecule has 1 aliphatic rings. The Morgan fingerprint density at radius 3 is 2.93 bits per heavy atom. The maximum absolute atomic E-state index is 5.43. The average molecular weight is 378 g/mol. The highest BCUT2D eigenvalue weighted by Crippen LogP contribution is 2.32. The average Bonchev–Trinajstić information content (AvgIpc) is 3.35. The van der Waals surface area contributed by atoms with E-state index in [-0.39, 0.29) is 0 Å². The molecule has 3 aromatic rings. The van der Waals surface area contributed by atoms with Crippen LogP contribution in [0.3, 0.4) is 0 Å². The third kappa shape index (κ3) is 4.22. The molecule has 0 fully saturated rings. The summed E-state index contributed by atoms with van der Waals surface area (Å²) in [6, 6.07) is 14.4. The second kappa shape index (κ2) is 8.69. The third-order valence-electron chi connectivity index (χ3n) is 4.79. The van der Waals surface area contributed by atoms with Crippen molar-refractivity contribution in [3.63, 3.8) is 0 Å². The van der Waals surface area contributed by atoms with E-state index < -0.39 is 0 Å². The number of aromatic amines is 1. The van der Waals surface area contributed by atoms with Crippen molar-refractivity contribution in [2.75, 3.05) is 19.9 Å². The van der Waals surface area contributed by atoms with Gasteiger partial charge < -0.3 is 25.1 Å². The quantitative estimate of drug-likeness (QED) is 0.334. The lowest BCUT2D eigenvalue weighted by atomic mass is 10.1. The monoisotopic (exact) mass is 378 g/mol. The fraction of sp³-hybridized carbons (Fsp3) is 0.318. The molecule has 2 heterocycles. The molecule has 0 saturated carbocycles. The second-order valence-corrected chi connectivity index (χ2v) is 6.77. The summed E-state index contributed by atoms with van der Waals surface area (Å²) in [6.45, 7) is 4.66. The lowest BCUT2D eigenvalue weighted by Crippen LogP contribution is -2.37. The number of H-pyrrole nitrogens is 1. The summed E-state index contributed by atoms with van der Waals surface area (Å²) >= 11 is 0. The summed E-state index contributed by atoms with van der Waals surface area (Å²) in [5.74, 6) is 2.43. The second-order valence-electron chi connectivity index (χ2n) is 6.77. The number of hydrogen-bond acceptors (Lipinski definition) is 3. The van der Waals surface area contributed by atoms with Crippen molar-refractivity contribution < 1.29 is 9.47 Å². The van der Waals surface area contributed by atoms with Crippen molar-refractivity contribution in [1.29, 1.82) is 0 Å². The minimum Gasteiger partial charge on any atom is -0.454 e. The molecule has 0 amide bonds. The Morgan fingerprint density at radius 2 is 2.00 bits per heavy atom. The smallest absolute Gasteiger partial charge is 0.231 e. The Kier molecular flexibility index (Phi) is 5.66. The van der Waals surface area contributed by atoms with Crippen molar-refractivity contribution in [1.82, 2.24) is 15.6 Å². The van der Waals surface area contributed by atoms with Crippen molar-refractivity contribution in [2.24, 2.45) is 4.99 Å². The van der Waals surface area contributed by atoms with Crippen LogP contribution in [-0.4, -0.2) is 30.8 Å². The van der Waals surface area contributed by atoms with Gasteiger partial charge in [-0.05, 0) is 49.1 Å². The zero-order valence-electron chi connectivity index (χ0n) is 16.1. The highest BCUT2D eigenvalue weighted by molar-refractivity contribution is 5.83. The number of ether oxygens (including phenoxy) is 2. The predicted octanol–water partition coefficient (Wildman–Crippen LogP) is 3.58. The van der Waals surface area contributed by atoms with E-state index in [1.165, 1.54) is 16.5 Å². The Bertz CT molecular complexity index is 964. The Morgan fingerprint density at radius 1 is 1.11 bits per heavy atom. The largest absolute Gasteiger partial charge is 0.454 e. The number of rotatable bonds is 7. The molecule has 0 spiro atoms. The van der Waals surface area contributed by atoms with Crippen LogP contribution in [0, 0.1) is 0 Å². The van der Waals surface area contributed by atoms with Gasteiger partial charge >= 0.3 is 0 Å². The van der Waals surface area contributed by atoms with E-state index in [1.54, 1.807) is 0 Å². The summed E-state index contributed by atoms with van der Waals surface area (Å²) in [4.78, 5) is 8.02.